The lowest BCUT2D eigenvalue weighted by atomic mass is 10.1. The monoisotopic (exact) mass is 479 g/mol. The number of carbonyl (C=O) groups excluding carboxylic acids is 1. The zero-order chi connectivity index (χ0) is 24.1. The van der Waals surface area contributed by atoms with E-state index in [1.807, 2.05) is 14.0 Å². The van der Waals surface area contributed by atoms with E-state index in [4.69, 9.17) is 4.98 Å². The Labute approximate surface area is 200 Å². The molecular weight excluding hydrogens is 454 g/mol. The summed E-state index contributed by atoms with van der Waals surface area (Å²) >= 11 is 1.45. The molecule has 10 nitrogen and oxygen atoms in total. The van der Waals surface area contributed by atoms with E-state index >= 15 is 0 Å². The van der Waals surface area contributed by atoms with Crippen LogP contribution in [0.2, 0.25) is 0 Å². The van der Waals surface area contributed by atoms with Crippen molar-refractivity contribution in [1.82, 2.24) is 29.7 Å². The van der Waals surface area contributed by atoms with Crippen LogP contribution in [0, 0.1) is 5.21 Å². The molecule has 0 fully saturated rings. The predicted octanol–water partition coefficient (Wildman–Crippen LogP) is 1.74. The smallest absolute Gasteiger partial charge is 0.263 e. The minimum Gasteiger partial charge on any atom is -0.619 e. The van der Waals surface area contributed by atoms with Gasteiger partial charge in [0.25, 0.3) is 11.5 Å². The Morgan fingerprint density at radius 2 is 2.12 bits per heavy atom. The molecule has 4 rings (SSSR count). The maximum absolute atomic E-state index is 13.6. The summed E-state index contributed by atoms with van der Waals surface area (Å²) in [5.41, 5.74) is 2.23. The van der Waals surface area contributed by atoms with Crippen molar-refractivity contribution in [3.8, 4) is 0 Å². The van der Waals surface area contributed by atoms with Crippen LogP contribution in [0.5, 0.6) is 0 Å². The number of likely N-dealkylation sites (N-methyl/N-ethyl adjacent to an activating group) is 1. The summed E-state index contributed by atoms with van der Waals surface area (Å²) in [6.45, 7) is 3.17. The van der Waals surface area contributed by atoms with Crippen LogP contribution in [0.25, 0.3) is 11.0 Å². The maximum atomic E-state index is 13.6. The molecular formula is C23H25N7O3S. The van der Waals surface area contributed by atoms with Crippen molar-refractivity contribution in [2.24, 2.45) is 0 Å². The zero-order valence-electron chi connectivity index (χ0n) is 18.9. The Hall–Kier alpha value is -3.70. The highest BCUT2D eigenvalue weighted by atomic mass is 32.1. The molecule has 34 heavy (non-hydrogen) atoms. The third-order valence-electron chi connectivity index (χ3n) is 5.53. The van der Waals surface area contributed by atoms with Crippen LogP contribution in [0.1, 0.15) is 40.4 Å². The number of nitrogens with zero attached hydrogens (tertiary/aromatic N) is 6. The lowest BCUT2D eigenvalue weighted by molar-refractivity contribution is -0.605. The van der Waals surface area contributed by atoms with E-state index < -0.39 is 6.04 Å². The van der Waals surface area contributed by atoms with Crippen LogP contribution >= 0.6 is 11.3 Å². The number of carbonyl (C=O) groups is 1. The first-order valence-corrected chi connectivity index (χ1v) is 11.8. The summed E-state index contributed by atoms with van der Waals surface area (Å²) in [5.74, 6) is 0.216. The van der Waals surface area contributed by atoms with Crippen molar-refractivity contribution < 1.29 is 9.52 Å². The molecule has 1 unspecified atom stereocenters. The number of aromatic nitrogens is 5. The largest absolute Gasteiger partial charge is 0.619 e. The highest BCUT2D eigenvalue weighted by molar-refractivity contribution is 7.09. The topological polar surface area (TPSA) is 120 Å². The predicted molar refractivity (Wildman–Crippen MR) is 128 cm³/mol. The normalized spacial score (nSPS) is 12.1. The second-order valence-corrected chi connectivity index (χ2v) is 8.65. The molecule has 0 radical (unpaired) electrons. The van der Waals surface area contributed by atoms with Gasteiger partial charge in [0.15, 0.2) is 18.0 Å². The average molecular weight is 480 g/mol. The number of pyridine rings is 2. The van der Waals surface area contributed by atoms with Crippen molar-refractivity contribution in [3.63, 3.8) is 0 Å². The molecule has 0 saturated heterocycles. The van der Waals surface area contributed by atoms with E-state index in [0.29, 0.717) is 53.2 Å². The van der Waals surface area contributed by atoms with Gasteiger partial charge in [0.2, 0.25) is 0 Å². The molecule has 1 atom stereocenters. The molecule has 1 N–H and O–H groups in total. The molecule has 176 valence electrons. The second-order valence-electron chi connectivity index (χ2n) is 7.68. The minimum atomic E-state index is -0.493. The van der Waals surface area contributed by atoms with Gasteiger partial charge in [0.05, 0.1) is 29.0 Å². The van der Waals surface area contributed by atoms with Gasteiger partial charge in [0.1, 0.15) is 5.82 Å². The van der Waals surface area contributed by atoms with Gasteiger partial charge < -0.3 is 15.4 Å². The Kier molecular flexibility index (Phi) is 7.24. The number of hydrogen-bond acceptors (Lipinski definition) is 8. The van der Waals surface area contributed by atoms with Crippen molar-refractivity contribution in [2.75, 3.05) is 20.1 Å². The number of amides is 1. The summed E-state index contributed by atoms with van der Waals surface area (Å²) < 4.78 is 2.25. The van der Waals surface area contributed by atoms with Crippen LogP contribution in [0.4, 0.5) is 0 Å². The first-order valence-electron chi connectivity index (χ1n) is 10.9. The van der Waals surface area contributed by atoms with E-state index in [2.05, 4.69) is 15.3 Å². The van der Waals surface area contributed by atoms with E-state index in [-0.39, 0.29) is 11.5 Å². The number of rotatable bonds is 9. The van der Waals surface area contributed by atoms with Gasteiger partial charge >= 0.3 is 0 Å². The molecule has 0 spiro atoms. The van der Waals surface area contributed by atoms with Gasteiger partial charge in [-0.1, -0.05) is 6.92 Å². The fourth-order valence-corrected chi connectivity index (χ4v) is 4.43. The van der Waals surface area contributed by atoms with E-state index in [1.165, 1.54) is 35.9 Å². The maximum Gasteiger partial charge on any atom is 0.263 e. The molecule has 0 bridgehead atoms. The third kappa shape index (κ3) is 4.80. The molecule has 0 aliphatic rings. The summed E-state index contributed by atoms with van der Waals surface area (Å²) in [7, 11) is 1.81. The molecule has 4 aromatic rings. The summed E-state index contributed by atoms with van der Waals surface area (Å²) in [6, 6.07) is 5.91. The van der Waals surface area contributed by atoms with Crippen molar-refractivity contribution in [1.29, 1.82) is 0 Å². The van der Waals surface area contributed by atoms with Crippen molar-refractivity contribution in [3.05, 3.63) is 86.4 Å². The standard InChI is InChI=1S/C23H25N7O3S/c1-3-19(29(12-9-24-2)22(31)16-6-10-28(33)11-7-16)21-27-20-18(5-4-8-26-20)23(32)30(21)14-17-13-25-15-34-17/h4-8,10-11,13,15,19,24H,3,9,12,14H2,1-2H3. The van der Waals surface area contributed by atoms with Crippen LogP contribution in [0.3, 0.4) is 0 Å². The zero-order valence-corrected chi connectivity index (χ0v) is 19.7. The summed E-state index contributed by atoms with van der Waals surface area (Å²) in [5, 5.41) is 15.0. The van der Waals surface area contributed by atoms with Gasteiger partial charge in [-0.2, -0.15) is 4.73 Å². The Bertz CT molecular complexity index is 1320. The summed E-state index contributed by atoms with van der Waals surface area (Å²) in [6.07, 6.45) is 6.43. The molecule has 0 saturated carbocycles. The highest BCUT2D eigenvalue weighted by Crippen LogP contribution is 2.26. The first kappa shape index (κ1) is 23.5. The number of fused-ring (bicyclic) bond motifs is 1. The van der Waals surface area contributed by atoms with Gasteiger partial charge in [-0.3, -0.25) is 19.1 Å². The molecule has 11 heteroatoms. The first-order chi connectivity index (χ1) is 16.5. The van der Waals surface area contributed by atoms with Gasteiger partial charge in [-0.25, -0.2) is 9.97 Å². The molecule has 1 amide bonds. The van der Waals surface area contributed by atoms with Crippen LogP contribution in [0.15, 0.2) is 59.4 Å². The SMILES string of the molecule is CCC(c1nc2ncccc2c(=O)n1Cc1cncs1)N(CCNC)C(=O)c1cc[n+]([O-])cc1. The van der Waals surface area contributed by atoms with E-state index in [9.17, 15) is 14.8 Å². The fourth-order valence-electron chi connectivity index (χ4n) is 3.85. The highest BCUT2D eigenvalue weighted by Gasteiger charge is 2.29. The van der Waals surface area contributed by atoms with Crippen LogP contribution in [-0.4, -0.2) is 50.5 Å². The van der Waals surface area contributed by atoms with Gasteiger partial charge in [-0.15, -0.1) is 11.3 Å². The average Bonchev–Trinajstić information content (AvgIpc) is 3.37. The van der Waals surface area contributed by atoms with Crippen LogP contribution < -0.4 is 15.6 Å². The molecule has 4 aromatic heterocycles. The number of hydrogen-bond donors (Lipinski definition) is 1. The fraction of sp³-hybridized carbons (Fsp3) is 0.304. The summed E-state index contributed by atoms with van der Waals surface area (Å²) in [4.78, 5) is 42.9. The molecule has 0 aliphatic carbocycles. The third-order valence-corrected chi connectivity index (χ3v) is 6.29. The Morgan fingerprint density at radius 3 is 2.79 bits per heavy atom. The van der Waals surface area contributed by atoms with Crippen molar-refractivity contribution >= 4 is 28.3 Å². The quantitative estimate of drug-likeness (QED) is 0.287. The van der Waals surface area contributed by atoms with E-state index in [0.717, 1.165) is 4.88 Å². The van der Waals surface area contributed by atoms with E-state index in [1.54, 1.807) is 39.5 Å². The number of nitrogens with one attached hydrogen (secondary N) is 1. The Morgan fingerprint density at radius 1 is 1.32 bits per heavy atom. The molecule has 0 aromatic carbocycles. The Balaban J connectivity index is 1.86. The van der Waals surface area contributed by atoms with Gasteiger partial charge in [0, 0.05) is 42.5 Å². The van der Waals surface area contributed by atoms with Crippen molar-refractivity contribution in [2.45, 2.75) is 25.9 Å². The van der Waals surface area contributed by atoms with Gasteiger partial charge in [-0.05, 0) is 25.6 Å². The lowest BCUT2D eigenvalue weighted by Gasteiger charge is -2.32. The molecule has 4 heterocycles. The second kappa shape index (κ2) is 10.5. The molecule has 0 aliphatic heterocycles. The lowest BCUT2D eigenvalue weighted by Crippen LogP contribution is -2.42. The number of thiazole rings is 1. The minimum absolute atomic E-state index is 0.215. The van der Waals surface area contributed by atoms with Crippen LogP contribution in [-0.2, 0) is 6.54 Å².